The Morgan fingerprint density at radius 1 is 1.09 bits per heavy atom. The number of rotatable bonds is 7. The van der Waals surface area contributed by atoms with Gasteiger partial charge in [0.15, 0.2) is 28.5 Å². The van der Waals surface area contributed by atoms with Crippen molar-refractivity contribution in [3.8, 4) is 22.8 Å². The zero-order valence-corrected chi connectivity index (χ0v) is 19.4. The minimum Gasteiger partial charge on any atom is -0.485 e. The molecular formula is C23H23N3O5S2. The van der Waals surface area contributed by atoms with Crippen LogP contribution in [0.25, 0.3) is 11.3 Å². The predicted molar refractivity (Wildman–Crippen MR) is 125 cm³/mol. The lowest BCUT2D eigenvalue weighted by atomic mass is 10.2. The number of hydrogen-bond acceptors (Lipinski definition) is 8. The van der Waals surface area contributed by atoms with E-state index in [4.69, 9.17) is 9.47 Å². The second-order valence-electron chi connectivity index (χ2n) is 7.86. The molecule has 172 valence electrons. The number of thiazole rings is 1. The topological polar surface area (TPSA) is 97.8 Å². The van der Waals surface area contributed by atoms with Crippen LogP contribution in [0.4, 0.5) is 5.13 Å². The molecule has 1 aromatic heterocycles. The lowest BCUT2D eigenvalue weighted by molar-refractivity contribution is -0.126. The molecule has 0 amide bonds. The molecule has 0 saturated carbocycles. The van der Waals surface area contributed by atoms with Crippen LogP contribution in [0.15, 0.2) is 58.8 Å². The van der Waals surface area contributed by atoms with Crippen molar-refractivity contribution >= 4 is 32.3 Å². The van der Waals surface area contributed by atoms with Crippen molar-refractivity contribution in [2.75, 3.05) is 31.6 Å². The molecule has 2 aromatic carbocycles. The summed E-state index contributed by atoms with van der Waals surface area (Å²) in [7, 11) is -3.44. The van der Waals surface area contributed by atoms with Crippen LogP contribution in [0.5, 0.6) is 11.5 Å². The third-order valence-electron chi connectivity index (χ3n) is 5.64. The first-order chi connectivity index (χ1) is 16.0. The monoisotopic (exact) mass is 485 g/mol. The average Bonchev–Trinajstić information content (AvgIpc) is 3.55. The van der Waals surface area contributed by atoms with Crippen molar-refractivity contribution in [1.29, 1.82) is 0 Å². The van der Waals surface area contributed by atoms with Gasteiger partial charge in [-0.15, -0.1) is 11.3 Å². The summed E-state index contributed by atoms with van der Waals surface area (Å²) in [5.41, 5.74) is 1.53. The maximum Gasteiger partial charge on any atom is 0.243 e. The van der Waals surface area contributed by atoms with E-state index in [9.17, 15) is 13.2 Å². The number of nitrogens with one attached hydrogen (secondary N) is 1. The molecule has 1 fully saturated rings. The first kappa shape index (κ1) is 21.9. The van der Waals surface area contributed by atoms with Crippen LogP contribution in [0.2, 0.25) is 0 Å². The Labute approximate surface area is 196 Å². The van der Waals surface area contributed by atoms with Crippen molar-refractivity contribution in [3.05, 3.63) is 53.9 Å². The van der Waals surface area contributed by atoms with E-state index in [-0.39, 0.29) is 18.9 Å². The molecule has 10 heteroatoms. The van der Waals surface area contributed by atoms with Crippen LogP contribution in [0, 0.1) is 0 Å². The van der Waals surface area contributed by atoms with Gasteiger partial charge in [0.2, 0.25) is 10.0 Å². The first-order valence-corrected chi connectivity index (χ1v) is 13.0. The summed E-state index contributed by atoms with van der Waals surface area (Å²) in [6.07, 6.45) is 1.14. The fraction of sp³-hybridized carbons (Fsp3) is 0.304. The molecule has 2 aliphatic heterocycles. The Kier molecular flexibility index (Phi) is 6.05. The van der Waals surface area contributed by atoms with Gasteiger partial charge < -0.3 is 14.8 Å². The van der Waals surface area contributed by atoms with Gasteiger partial charge in [0, 0.05) is 24.0 Å². The highest BCUT2D eigenvalue weighted by molar-refractivity contribution is 7.89. The number of carbonyl (C=O) groups is 1. The maximum absolute atomic E-state index is 12.7. The molecule has 0 aliphatic carbocycles. The third kappa shape index (κ3) is 4.59. The molecule has 1 unspecified atom stereocenters. The number of ketones is 1. The molecule has 0 bridgehead atoms. The molecule has 33 heavy (non-hydrogen) atoms. The van der Waals surface area contributed by atoms with Crippen LogP contribution in [-0.4, -0.2) is 55.8 Å². The molecule has 8 nitrogen and oxygen atoms in total. The van der Waals surface area contributed by atoms with Crippen LogP contribution in [0.1, 0.15) is 12.8 Å². The van der Waals surface area contributed by atoms with E-state index in [2.05, 4.69) is 10.3 Å². The van der Waals surface area contributed by atoms with Gasteiger partial charge in [-0.05, 0) is 37.1 Å². The molecular weight excluding hydrogens is 462 g/mol. The number of anilines is 1. The summed E-state index contributed by atoms with van der Waals surface area (Å²) in [5, 5.41) is 5.52. The second kappa shape index (κ2) is 9.12. The molecule has 0 spiro atoms. The van der Waals surface area contributed by atoms with Gasteiger partial charge in [0.05, 0.1) is 17.1 Å². The van der Waals surface area contributed by atoms with Gasteiger partial charge in [-0.2, -0.15) is 4.31 Å². The highest BCUT2D eigenvalue weighted by atomic mass is 32.2. The number of carbonyl (C=O) groups excluding carboxylic acids is 1. The fourth-order valence-electron chi connectivity index (χ4n) is 3.82. The minimum atomic E-state index is -3.44. The Balaban J connectivity index is 1.20. The predicted octanol–water partition coefficient (Wildman–Crippen LogP) is 3.42. The van der Waals surface area contributed by atoms with Gasteiger partial charge >= 0.3 is 0 Å². The van der Waals surface area contributed by atoms with Crippen molar-refractivity contribution in [2.45, 2.75) is 23.8 Å². The number of nitrogens with zero attached hydrogens (tertiary/aromatic N) is 2. The Morgan fingerprint density at radius 3 is 2.58 bits per heavy atom. The van der Waals surface area contributed by atoms with Crippen LogP contribution in [0.3, 0.4) is 0 Å². The highest BCUT2D eigenvalue weighted by Crippen LogP contribution is 2.31. The third-order valence-corrected chi connectivity index (χ3v) is 8.35. The molecule has 3 heterocycles. The summed E-state index contributed by atoms with van der Waals surface area (Å²) < 4.78 is 38.3. The van der Waals surface area contributed by atoms with E-state index in [1.165, 1.54) is 15.6 Å². The van der Waals surface area contributed by atoms with Crippen molar-refractivity contribution in [1.82, 2.24) is 9.29 Å². The number of hydrogen-bond donors (Lipinski definition) is 1. The standard InChI is InChI=1S/C23H23N3O5S2/c27-19(22-14-30-20-5-1-2-6-21(20)31-22)13-24-23-25-18(15-32-23)16-7-9-17(10-8-16)33(28,29)26-11-3-4-12-26/h1-2,5-10,15,22H,3-4,11-14H2,(H,24,25). The summed E-state index contributed by atoms with van der Waals surface area (Å²) in [6, 6.07) is 14.0. The maximum atomic E-state index is 12.7. The quantitative estimate of drug-likeness (QED) is 0.548. The zero-order chi connectivity index (χ0) is 22.8. The molecule has 5 rings (SSSR count). The molecule has 1 N–H and O–H groups in total. The van der Waals surface area contributed by atoms with Crippen molar-refractivity contribution in [2.24, 2.45) is 0 Å². The smallest absolute Gasteiger partial charge is 0.243 e. The number of sulfonamides is 1. The minimum absolute atomic E-state index is 0.0656. The average molecular weight is 486 g/mol. The number of para-hydroxylation sites is 2. The van der Waals surface area contributed by atoms with Gasteiger partial charge in [-0.1, -0.05) is 24.3 Å². The summed E-state index contributed by atoms with van der Waals surface area (Å²) >= 11 is 1.38. The number of fused-ring (bicyclic) bond motifs is 1. The molecule has 1 saturated heterocycles. The zero-order valence-electron chi connectivity index (χ0n) is 17.8. The highest BCUT2D eigenvalue weighted by Gasteiger charge is 2.28. The second-order valence-corrected chi connectivity index (χ2v) is 10.7. The number of benzene rings is 2. The van der Waals surface area contributed by atoms with Gasteiger partial charge in [-0.25, -0.2) is 13.4 Å². The van der Waals surface area contributed by atoms with Crippen LogP contribution >= 0.6 is 11.3 Å². The Hall–Kier alpha value is -2.95. The summed E-state index contributed by atoms with van der Waals surface area (Å²) in [5.74, 6) is 1.07. The Bertz CT molecular complexity index is 1250. The molecule has 1 atom stereocenters. The molecule has 3 aromatic rings. The SMILES string of the molecule is O=C(CNc1nc(-c2ccc(S(=O)(=O)N3CCCC3)cc2)cs1)C1COc2ccccc2O1. The van der Waals surface area contributed by atoms with Gasteiger partial charge in [-0.3, -0.25) is 4.79 Å². The number of ether oxygens (including phenoxy) is 2. The Morgan fingerprint density at radius 2 is 1.82 bits per heavy atom. The molecule has 0 radical (unpaired) electrons. The van der Waals surface area contributed by atoms with E-state index < -0.39 is 16.1 Å². The lowest BCUT2D eigenvalue weighted by Gasteiger charge is -2.25. The normalized spacial score (nSPS) is 18.2. The van der Waals surface area contributed by atoms with E-state index >= 15 is 0 Å². The van der Waals surface area contributed by atoms with E-state index in [1.54, 1.807) is 36.4 Å². The van der Waals surface area contributed by atoms with Crippen molar-refractivity contribution in [3.63, 3.8) is 0 Å². The van der Waals surface area contributed by atoms with Gasteiger partial charge in [0.25, 0.3) is 0 Å². The van der Waals surface area contributed by atoms with Crippen LogP contribution in [-0.2, 0) is 14.8 Å². The summed E-state index contributed by atoms with van der Waals surface area (Å²) in [6.45, 7) is 1.40. The molecule has 2 aliphatic rings. The first-order valence-electron chi connectivity index (χ1n) is 10.7. The van der Waals surface area contributed by atoms with E-state index in [0.29, 0.717) is 40.3 Å². The number of Topliss-reactive ketones (excluding diaryl/α,β-unsaturated/α-hetero) is 1. The van der Waals surface area contributed by atoms with Crippen molar-refractivity contribution < 1.29 is 22.7 Å². The fourth-order valence-corrected chi connectivity index (χ4v) is 6.05. The van der Waals surface area contributed by atoms with Gasteiger partial charge in [0.1, 0.15) is 6.61 Å². The summed E-state index contributed by atoms with van der Waals surface area (Å²) in [4.78, 5) is 17.4. The lowest BCUT2D eigenvalue weighted by Crippen LogP contribution is -2.39. The van der Waals surface area contributed by atoms with Crippen LogP contribution < -0.4 is 14.8 Å². The number of aromatic nitrogens is 1. The largest absolute Gasteiger partial charge is 0.485 e. The van der Waals surface area contributed by atoms with E-state index in [0.717, 1.165) is 18.4 Å². The van der Waals surface area contributed by atoms with E-state index in [1.807, 2.05) is 17.5 Å².